The van der Waals surface area contributed by atoms with Crippen LogP contribution in [0.4, 0.5) is 11.5 Å². The molecule has 2 aliphatic rings. The average Bonchev–Trinajstić information content (AvgIpc) is 2.67. The van der Waals surface area contributed by atoms with Crippen molar-refractivity contribution in [3.05, 3.63) is 18.3 Å². The van der Waals surface area contributed by atoms with Crippen LogP contribution in [0.1, 0.15) is 19.3 Å². The maximum Gasteiger partial charge on any atom is 0.223 e. The number of piperidine rings is 1. The van der Waals surface area contributed by atoms with Crippen LogP contribution in [0.25, 0.3) is 0 Å². The van der Waals surface area contributed by atoms with Crippen LogP contribution in [0.5, 0.6) is 0 Å². The van der Waals surface area contributed by atoms with Crippen molar-refractivity contribution in [2.45, 2.75) is 25.3 Å². The van der Waals surface area contributed by atoms with Gasteiger partial charge in [0.05, 0.1) is 19.0 Å². The summed E-state index contributed by atoms with van der Waals surface area (Å²) in [6, 6.07) is 4.15. The molecule has 1 N–H and O–H groups in total. The highest BCUT2D eigenvalue weighted by atomic mass is 32.2. The lowest BCUT2D eigenvalue weighted by atomic mass is 10.1. The molecule has 0 unspecified atom stereocenters. The maximum atomic E-state index is 12.3. The number of nitrogens with one attached hydrogen (secondary N) is 1. The van der Waals surface area contributed by atoms with Crippen molar-refractivity contribution in [2.24, 2.45) is 0 Å². The minimum absolute atomic E-state index is 0.0519. The van der Waals surface area contributed by atoms with Crippen molar-refractivity contribution < 1.29 is 17.9 Å². The zero-order chi connectivity index (χ0) is 19.3. The molecule has 1 amide bonds. The first kappa shape index (κ1) is 19.9. The summed E-state index contributed by atoms with van der Waals surface area (Å²) in [4.78, 5) is 20.8. The van der Waals surface area contributed by atoms with Gasteiger partial charge in [0, 0.05) is 62.8 Å². The number of morpholine rings is 1. The number of nitrogens with zero attached hydrogens (tertiary/aromatic N) is 3. The van der Waals surface area contributed by atoms with E-state index < -0.39 is 9.84 Å². The minimum atomic E-state index is -3.12. The first-order valence-corrected chi connectivity index (χ1v) is 11.5. The molecule has 0 radical (unpaired) electrons. The van der Waals surface area contributed by atoms with E-state index in [0.29, 0.717) is 13.1 Å². The number of carbonyl (C=O) groups is 1. The summed E-state index contributed by atoms with van der Waals surface area (Å²) in [7, 11) is -3.12. The van der Waals surface area contributed by atoms with Gasteiger partial charge in [0.1, 0.15) is 15.7 Å². The summed E-state index contributed by atoms with van der Waals surface area (Å²) >= 11 is 0. The Labute approximate surface area is 160 Å². The van der Waals surface area contributed by atoms with Crippen LogP contribution >= 0.6 is 0 Å². The Morgan fingerprint density at radius 3 is 2.85 bits per heavy atom. The summed E-state index contributed by atoms with van der Waals surface area (Å²) in [6.07, 6.45) is 4.86. The fraction of sp³-hybridized carbons (Fsp3) is 0.667. The van der Waals surface area contributed by atoms with Gasteiger partial charge in [-0.05, 0) is 18.9 Å². The van der Waals surface area contributed by atoms with Crippen molar-refractivity contribution in [1.82, 2.24) is 9.88 Å². The number of rotatable bonds is 6. The Bertz CT molecular complexity index is 749. The summed E-state index contributed by atoms with van der Waals surface area (Å²) in [5, 5.41) is 3.44. The van der Waals surface area contributed by atoms with Gasteiger partial charge in [0.15, 0.2) is 0 Å². The van der Waals surface area contributed by atoms with E-state index in [1.54, 1.807) is 11.1 Å². The van der Waals surface area contributed by atoms with E-state index in [1.165, 1.54) is 0 Å². The molecular formula is C18H28N4O4S. The highest BCUT2D eigenvalue weighted by Crippen LogP contribution is 2.21. The van der Waals surface area contributed by atoms with E-state index in [0.717, 1.165) is 56.9 Å². The largest absolute Gasteiger partial charge is 0.378 e. The Balaban J connectivity index is 1.56. The van der Waals surface area contributed by atoms with E-state index in [-0.39, 0.29) is 24.1 Å². The second-order valence-electron chi connectivity index (χ2n) is 7.20. The van der Waals surface area contributed by atoms with Crippen molar-refractivity contribution in [2.75, 3.05) is 61.6 Å². The number of sulfone groups is 1. The van der Waals surface area contributed by atoms with Gasteiger partial charge in [-0.15, -0.1) is 0 Å². The number of aromatic nitrogens is 1. The van der Waals surface area contributed by atoms with Crippen LogP contribution in [0, 0.1) is 0 Å². The number of hydrogen-bond donors (Lipinski definition) is 1. The number of hydrogen-bond acceptors (Lipinski definition) is 7. The van der Waals surface area contributed by atoms with Gasteiger partial charge >= 0.3 is 0 Å². The molecule has 3 heterocycles. The molecule has 1 aromatic heterocycles. The average molecular weight is 397 g/mol. The molecule has 0 saturated carbocycles. The second-order valence-corrected chi connectivity index (χ2v) is 9.46. The van der Waals surface area contributed by atoms with Gasteiger partial charge < -0.3 is 19.9 Å². The molecular weight excluding hydrogens is 368 g/mol. The van der Waals surface area contributed by atoms with Crippen molar-refractivity contribution >= 4 is 27.2 Å². The molecule has 0 aliphatic carbocycles. The summed E-state index contributed by atoms with van der Waals surface area (Å²) in [5.74, 6) is 0.611. The number of pyridine rings is 1. The SMILES string of the molecule is CS(=O)(=O)CCC(=O)N1CCC[C@@H](Nc2cc(N3CCOCC3)ccn2)C1. The molecule has 9 heteroatoms. The number of amides is 1. The molecule has 3 rings (SSSR count). The van der Waals surface area contributed by atoms with E-state index in [2.05, 4.69) is 15.2 Å². The smallest absolute Gasteiger partial charge is 0.223 e. The van der Waals surface area contributed by atoms with Gasteiger partial charge in [-0.3, -0.25) is 4.79 Å². The van der Waals surface area contributed by atoms with Crippen molar-refractivity contribution in [3.8, 4) is 0 Å². The predicted molar refractivity (Wildman–Crippen MR) is 105 cm³/mol. The molecule has 8 nitrogen and oxygen atoms in total. The van der Waals surface area contributed by atoms with Crippen LogP contribution in [-0.2, 0) is 19.4 Å². The molecule has 0 bridgehead atoms. The first-order valence-electron chi connectivity index (χ1n) is 9.41. The summed E-state index contributed by atoms with van der Waals surface area (Å²) in [5.41, 5.74) is 1.12. The molecule has 2 saturated heterocycles. The second kappa shape index (κ2) is 8.88. The third-order valence-corrected chi connectivity index (χ3v) is 5.88. The molecule has 27 heavy (non-hydrogen) atoms. The summed E-state index contributed by atoms with van der Waals surface area (Å²) < 4.78 is 28.0. The maximum absolute atomic E-state index is 12.3. The summed E-state index contributed by atoms with van der Waals surface area (Å²) in [6.45, 7) is 4.47. The van der Waals surface area contributed by atoms with Crippen molar-refractivity contribution in [1.29, 1.82) is 0 Å². The lowest BCUT2D eigenvalue weighted by Gasteiger charge is -2.34. The zero-order valence-electron chi connectivity index (χ0n) is 15.8. The predicted octanol–water partition coefficient (Wildman–Crippen LogP) is 0.756. The number of likely N-dealkylation sites (tertiary alicyclic amines) is 1. The zero-order valence-corrected chi connectivity index (χ0v) is 16.6. The molecule has 0 spiro atoms. The highest BCUT2D eigenvalue weighted by molar-refractivity contribution is 7.90. The quantitative estimate of drug-likeness (QED) is 0.759. The van der Waals surface area contributed by atoms with E-state index >= 15 is 0 Å². The van der Waals surface area contributed by atoms with Gasteiger partial charge in [-0.1, -0.05) is 0 Å². The molecule has 150 valence electrons. The Kier molecular flexibility index (Phi) is 6.54. The molecule has 1 aromatic rings. The number of carbonyl (C=O) groups excluding carboxylic acids is 1. The fourth-order valence-corrected chi connectivity index (χ4v) is 4.02. The standard InChI is InChI=1S/C18H28N4O4S/c1-27(24,25)12-5-18(23)22-7-2-3-15(14-22)20-17-13-16(4-6-19-17)21-8-10-26-11-9-21/h4,6,13,15H,2-3,5,7-12,14H2,1H3,(H,19,20)/t15-/m1/s1. The first-order chi connectivity index (χ1) is 12.9. The molecule has 1 atom stereocenters. The fourth-order valence-electron chi connectivity index (χ4n) is 3.48. The van der Waals surface area contributed by atoms with Crippen LogP contribution in [0.15, 0.2) is 18.3 Å². The van der Waals surface area contributed by atoms with Gasteiger partial charge in [0.25, 0.3) is 0 Å². The Hall–Kier alpha value is -1.87. The lowest BCUT2D eigenvalue weighted by molar-refractivity contribution is -0.131. The number of anilines is 2. The number of ether oxygens (including phenoxy) is 1. The molecule has 2 fully saturated rings. The van der Waals surface area contributed by atoms with E-state index in [4.69, 9.17) is 4.74 Å². The molecule has 2 aliphatic heterocycles. The third kappa shape index (κ3) is 6.07. The molecule has 0 aromatic carbocycles. The van der Waals surface area contributed by atoms with Crippen LogP contribution in [0.2, 0.25) is 0 Å². The van der Waals surface area contributed by atoms with Gasteiger partial charge in [0.2, 0.25) is 5.91 Å². The normalized spacial score (nSPS) is 21.1. The monoisotopic (exact) mass is 396 g/mol. The van der Waals surface area contributed by atoms with Crippen LogP contribution < -0.4 is 10.2 Å². The van der Waals surface area contributed by atoms with Crippen molar-refractivity contribution in [3.63, 3.8) is 0 Å². The van der Waals surface area contributed by atoms with Crippen LogP contribution in [-0.4, -0.2) is 81.7 Å². The van der Waals surface area contributed by atoms with Gasteiger partial charge in [-0.2, -0.15) is 0 Å². The van der Waals surface area contributed by atoms with Crippen LogP contribution in [0.3, 0.4) is 0 Å². The Morgan fingerprint density at radius 2 is 2.11 bits per heavy atom. The topological polar surface area (TPSA) is 91.8 Å². The Morgan fingerprint density at radius 1 is 1.33 bits per heavy atom. The lowest BCUT2D eigenvalue weighted by Crippen LogP contribution is -2.45. The highest BCUT2D eigenvalue weighted by Gasteiger charge is 2.24. The third-order valence-electron chi connectivity index (χ3n) is 4.93. The van der Waals surface area contributed by atoms with Gasteiger partial charge in [-0.25, -0.2) is 13.4 Å². The van der Waals surface area contributed by atoms with E-state index in [9.17, 15) is 13.2 Å². The van der Waals surface area contributed by atoms with E-state index in [1.807, 2.05) is 12.1 Å². The minimum Gasteiger partial charge on any atom is -0.378 e.